The van der Waals surface area contributed by atoms with Gasteiger partial charge in [-0.1, -0.05) is 0 Å². The second-order valence-electron chi connectivity index (χ2n) is 5.77. The molecule has 1 atom stereocenters. The largest absolute Gasteiger partial charge is 0.355 e. The Morgan fingerprint density at radius 1 is 1.19 bits per heavy atom. The molecule has 2 aliphatic heterocycles. The molecule has 2 rings (SSSR count). The summed E-state index contributed by atoms with van der Waals surface area (Å²) in [5, 5.41) is 6.08. The van der Waals surface area contributed by atoms with Gasteiger partial charge in [-0.15, -0.1) is 0 Å². The Morgan fingerprint density at radius 3 is 2.57 bits per heavy atom. The average molecular weight is 297 g/mol. The predicted octanol–water partition coefficient (Wildman–Crippen LogP) is -1.83. The normalized spacial score (nSPS) is 24.9. The molecule has 1 unspecified atom stereocenters. The monoisotopic (exact) mass is 297 g/mol. The molecule has 2 N–H and O–H groups in total. The Kier molecular flexibility index (Phi) is 5.96. The quantitative estimate of drug-likeness (QED) is 0.639. The zero-order valence-corrected chi connectivity index (χ0v) is 13.1. The highest BCUT2D eigenvalue weighted by atomic mass is 16.2. The molecule has 120 valence electrons. The van der Waals surface area contributed by atoms with Crippen LogP contribution in [-0.4, -0.2) is 98.5 Å². The van der Waals surface area contributed by atoms with E-state index in [0.29, 0.717) is 19.6 Å². The molecule has 2 fully saturated rings. The van der Waals surface area contributed by atoms with Crippen molar-refractivity contribution in [2.75, 3.05) is 66.0 Å². The van der Waals surface area contributed by atoms with E-state index in [2.05, 4.69) is 22.6 Å². The molecule has 7 heteroatoms. The van der Waals surface area contributed by atoms with Crippen molar-refractivity contribution in [3.05, 3.63) is 0 Å². The first-order valence-electron chi connectivity index (χ1n) is 7.80. The van der Waals surface area contributed by atoms with Crippen molar-refractivity contribution < 1.29 is 9.59 Å². The van der Waals surface area contributed by atoms with E-state index in [-0.39, 0.29) is 17.9 Å². The lowest BCUT2D eigenvalue weighted by molar-refractivity contribution is -0.136. The molecule has 0 saturated carbocycles. The molecule has 21 heavy (non-hydrogen) atoms. The van der Waals surface area contributed by atoms with Crippen LogP contribution < -0.4 is 10.6 Å². The summed E-state index contributed by atoms with van der Waals surface area (Å²) in [5.74, 6) is 0.148. The Labute approximate surface area is 126 Å². The number of piperazine rings is 2. The Morgan fingerprint density at radius 2 is 1.90 bits per heavy atom. The van der Waals surface area contributed by atoms with Gasteiger partial charge in [0.05, 0.1) is 6.54 Å². The number of carbonyl (C=O) groups is 2. The highest BCUT2D eigenvalue weighted by molar-refractivity contribution is 5.84. The molecule has 2 saturated heterocycles. The summed E-state index contributed by atoms with van der Waals surface area (Å²) in [6.45, 7) is 8.46. The van der Waals surface area contributed by atoms with Crippen LogP contribution in [0.2, 0.25) is 0 Å². The van der Waals surface area contributed by atoms with Crippen LogP contribution in [0.1, 0.15) is 6.92 Å². The smallest absolute Gasteiger partial charge is 0.238 e. The summed E-state index contributed by atoms with van der Waals surface area (Å²) >= 11 is 0. The number of carbonyl (C=O) groups excluding carboxylic acids is 2. The van der Waals surface area contributed by atoms with Gasteiger partial charge in [0.25, 0.3) is 0 Å². The number of amides is 2. The van der Waals surface area contributed by atoms with Gasteiger partial charge in [0, 0.05) is 52.4 Å². The van der Waals surface area contributed by atoms with Gasteiger partial charge in [0.15, 0.2) is 0 Å². The molecular formula is C14H27N5O2. The fourth-order valence-corrected chi connectivity index (χ4v) is 2.82. The summed E-state index contributed by atoms with van der Waals surface area (Å²) in [4.78, 5) is 30.6. The molecule has 7 nitrogen and oxygen atoms in total. The van der Waals surface area contributed by atoms with Crippen LogP contribution >= 0.6 is 0 Å². The van der Waals surface area contributed by atoms with Crippen LogP contribution in [0.25, 0.3) is 0 Å². The SMILES string of the molecule is CCNC(=O)C1CNCCN1CC(=O)N1CCN(C)CC1. The minimum atomic E-state index is -0.241. The van der Waals surface area contributed by atoms with Crippen LogP contribution in [0.5, 0.6) is 0 Å². The van der Waals surface area contributed by atoms with E-state index in [0.717, 1.165) is 39.3 Å². The van der Waals surface area contributed by atoms with Crippen molar-refractivity contribution in [3.8, 4) is 0 Å². The zero-order chi connectivity index (χ0) is 15.2. The van der Waals surface area contributed by atoms with E-state index in [1.54, 1.807) is 0 Å². The van der Waals surface area contributed by atoms with Gasteiger partial charge in [0.2, 0.25) is 11.8 Å². The fraction of sp³-hybridized carbons (Fsp3) is 0.857. The lowest BCUT2D eigenvalue weighted by atomic mass is 10.1. The molecule has 2 aliphatic rings. The molecule has 0 aliphatic carbocycles. The first kappa shape index (κ1) is 16.2. The highest BCUT2D eigenvalue weighted by Gasteiger charge is 2.31. The maximum absolute atomic E-state index is 12.4. The lowest BCUT2D eigenvalue weighted by Gasteiger charge is -2.37. The van der Waals surface area contributed by atoms with E-state index in [9.17, 15) is 9.59 Å². The van der Waals surface area contributed by atoms with E-state index >= 15 is 0 Å². The summed E-state index contributed by atoms with van der Waals surface area (Å²) in [6.07, 6.45) is 0. The van der Waals surface area contributed by atoms with Gasteiger partial charge >= 0.3 is 0 Å². The van der Waals surface area contributed by atoms with E-state index in [1.807, 2.05) is 16.7 Å². The maximum Gasteiger partial charge on any atom is 0.238 e. The van der Waals surface area contributed by atoms with Crippen LogP contribution in [0, 0.1) is 0 Å². The molecule has 2 heterocycles. The van der Waals surface area contributed by atoms with Gasteiger partial charge in [-0.3, -0.25) is 14.5 Å². The summed E-state index contributed by atoms with van der Waals surface area (Å²) < 4.78 is 0. The average Bonchev–Trinajstić information content (AvgIpc) is 2.48. The fourth-order valence-electron chi connectivity index (χ4n) is 2.82. The minimum absolute atomic E-state index is 0.0101. The first-order valence-corrected chi connectivity index (χ1v) is 7.80. The van der Waals surface area contributed by atoms with Crippen molar-refractivity contribution in [1.82, 2.24) is 25.3 Å². The number of nitrogens with zero attached hydrogens (tertiary/aromatic N) is 3. The third-order valence-electron chi connectivity index (χ3n) is 4.20. The highest BCUT2D eigenvalue weighted by Crippen LogP contribution is 2.06. The summed E-state index contributed by atoms with van der Waals surface area (Å²) in [6, 6.07) is -0.241. The number of hydrogen-bond donors (Lipinski definition) is 2. The standard InChI is InChI=1S/C14H27N5O2/c1-3-16-14(21)12-10-15-4-5-19(12)11-13(20)18-8-6-17(2)7-9-18/h12,15H,3-11H2,1-2H3,(H,16,21). The second-order valence-corrected chi connectivity index (χ2v) is 5.77. The first-order chi connectivity index (χ1) is 10.1. The molecule has 2 amide bonds. The number of rotatable bonds is 4. The van der Waals surface area contributed by atoms with Crippen LogP contribution in [0.4, 0.5) is 0 Å². The van der Waals surface area contributed by atoms with Crippen LogP contribution in [0.3, 0.4) is 0 Å². The van der Waals surface area contributed by atoms with Crippen LogP contribution in [0.15, 0.2) is 0 Å². The van der Waals surface area contributed by atoms with Gasteiger partial charge in [0.1, 0.15) is 6.04 Å². The number of likely N-dealkylation sites (N-methyl/N-ethyl adjacent to an activating group) is 2. The van der Waals surface area contributed by atoms with Crippen molar-refractivity contribution in [3.63, 3.8) is 0 Å². The lowest BCUT2D eigenvalue weighted by Crippen LogP contribution is -2.60. The van der Waals surface area contributed by atoms with Crippen molar-refractivity contribution >= 4 is 11.8 Å². The Balaban J connectivity index is 1.89. The zero-order valence-electron chi connectivity index (χ0n) is 13.1. The van der Waals surface area contributed by atoms with Crippen molar-refractivity contribution in [1.29, 1.82) is 0 Å². The van der Waals surface area contributed by atoms with Gasteiger partial charge in [-0.25, -0.2) is 0 Å². The van der Waals surface area contributed by atoms with E-state index in [4.69, 9.17) is 0 Å². The number of hydrogen-bond acceptors (Lipinski definition) is 5. The molecule has 0 aromatic carbocycles. The summed E-state index contributed by atoms with van der Waals surface area (Å²) in [5.41, 5.74) is 0. The number of nitrogens with one attached hydrogen (secondary N) is 2. The van der Waals surface area contributed by atoms with Gasteiger partial charge < -0.3 is 20.4 Å². The maximum atomic E-state index is 12.4. The molecule has 0 aromatic heterocycles. The van der Waals surface area contributed by atoms with E-state index < -0.39 is 0 Å². The van der Waals surface area contributed by atoms with Crippen LogP contribution in [-0.2, 0) is 9.59 Å². The third-order valence-corrected chi connectivity index (χ3v) is 4.20. The molecule has 0 radical (unpaired) electrons. The third kappa shape index (κ3) is 4.39. The molecule has 0 bridgehead atoms. The van der Waals surface area contributed by atoms with Gasteiger partial charge in [-0.05, 0) is 14.0 Å². The predicted molar refractivity (Wildman–Crippen MR) is 81.0 cm³/mol. The topological polar surface area (TPSA) is 67.9 Å². The van der Waals surface area contributed by atoms with Crippen molar-refractivity contribution in [2.45, 2.75) is 13.0 Å². The summed E-state index contributed by atoms with van der Waals surface area (Å²) in [7, 11) is 2.07. The van der Waals surface area contributed by atoms with Gasteiger partial charge in [-0.2, -0.15) is 0 Å². The molecule has 0 spiro atoms. The minimum Gasteiger partial charge on any atom is -0.355 e. The van der Waals surface area contributed by atoms with Crippen molar-refractivity contribution in [2.24, 2.45) is 0 Å². The second kappa shape index (κ2) is 7.72. The Hall–Kier alpha value is -1.18. The molecular weight excluding hydrogens is 270 g/mol. The van der Waals surface area contributed by atoms with E-state index in [1.165, 1.54) is 0 Å². The Bertz CT molecular complexity index is 368. The molecule has 0 aromatic rings.